The van der Waals surface area contributed by atoms with Gasteiger partial charge < -0.3 is 20.0 Å². The van der Waals surface area contributed by atoms with Gasteiger partial charge in [0.1, 0.15) is 5.82 Å². The minimum absolute atomic E-state index is 0.0340. The molecule has 0 saturated carbocycles. The zero-order valence-electron chi connectivity index (χ0n) is 17.4. The average molecular weight is 395 g/mol. The molecule has 2 fully saturated rings. The van der Waals surface area contributed by atoms with Crippen LogP contribution < -0.4 is 15.1 Å². The van der Waals surface area contributed by atoms with Crippen LogP contribution in [0.2, 0.25) is 0 Å². The lowest BCUT2D eigenvalue weighted by Gasteiger charge is -2.36. The first-order valence-electron chi connectivity index (χ1n) is 10.6. The summed E-state index contributed by atoms with van der Waals surface area (Å²) in [6, 6.07) is 8.02. The van der Waals surface area contributed by atoms with E-state index in [1.54, 1.807) is 0 Å². The Balaban J connectivity index is 1.35. The van der Waals surface area contributed by atoms with Gasteiger partial charge in [-0.15, -0.1) is 0 Å². The van der Waals surface area contributed by atoms with Crippen molar-refractivity contribution in [2.45, 2.75) is 33.1 Å². The normalized spacial score (nSPS) is 17.4. The highest BCUT2D eigenvalue weighted by molar-refractivity contribution is 5.90. The number of piperazine rings is 1. The van der Waals surface area contributed by atoms with Gasteiger partial charge in [0, 0.05) is 51.2 Å². The number of anilines is 3. The van der Waals surface area contributed by atoms with Crippen LogP contribution in [0.3, 0.4) is 0 Å². The number of urea groups is 1. The number of nitrogens with one attached hydrogen (secondary N) is 1. The van der Waals surface area contributed by atoms with Crippen LogP contribution in [0.4, 0.5) is 22.2 Å². The molecule has 3 heterocycles. The van der Waals surface area contributed by atoms with E-state index in [-0.39, 0.29) is 6.03 Å². The first-order valence-corrected chi connectivity index (χ1v) is 10.6. The Labute approximate surface area is 172 Å². The van der Waals surface area contributed by atoms with Gasteiger partial charge in [-0.05, 0) is 50.8 Å². The highest BCUT2D eigenvalue weighted by Gasteiger charge is 2.23. The molecule has 154 valence electrons. The standard InChI is InChI=1S/C22H30N6O/c1-17-6-7-19(18(2)16-17)24-22(29)28-14-12-26(13-15-28)20-8-9-23-21(25-20)27-10-4-3-5-11-27/h6-9,16H,3-5,10-15H2,1-2H3,(H,24,29). The molecular formula is C22H30N6O. The van der Waals surface area contributed by atoms with Crippen LogP contribution in [0.25, 0.3) is 0 Å². The number of carbonyl (C=O) groups is 1. The molecular weight excluding hydrogens is 364 g/mol. The summed E-state index contributed by atoms with van der Waals surface area (Å²) in [5, 5.41) is 3.05. The highest BCUT2D eigenvalue weighted by Crippen LogP contribution is 2.21. The van der Waals surface area contributed by atoms with E-state index < -0.39 is 0 Å². The molecule has 29 heavy (non-hydrogen) atoms. The van der Waals surface area contributed by atoms with Gasteiger partial charge in [-0.25, -0.2) is 9.78 Å². The molecule has 7 heteroatoms. The van der Waals surface area contributed by atoms with Crippen molar-refractivity contribution in [3.05, 3.63) is 41.6 Å². The number of nitrogens with zero attached hydrogens (tertiary/aromatic N) is 5. The van der Waals surface area contributed by atoms with Crippen LogP contribution in [0.1, 0.15) is 30.4 Å². The van der Waals surface area contributed by atoms with Crippen LogP contribution in [-0.4, -0.2) is 60.2 Å². The fourth-order valence-electron chi connectivity index (χ4n) is 4.05. The van der Waals surface area contributed by atoms with Gasteiger partial charge in [0.05, 0.1) is 0 Å². The van der Waals surface area contributed by atoms with Crippen molar-refractivity contribution in [2.75, 3.05) is 54.4 Å². The summed E-state index contributed by atoms with van der Waals surface area (Å²) >= 11 is 0. The van der Waals surface area contributed by atoms with Gasteiger partial charge in [-0.3, -0.25) is 0 Å². The Morgan fingerprint density at radius 1 is 0.931 bits per heavy atom. The first kappa shape index (κ1) is 19.5. The maximum Gasteiger partial charge on any atom is 0.321 e. The molecule has 2 amide bonds. The van der Waals surface area contributed by atoms with Crippen LogP contribution >= 0.6 is 0 Å². The Kier molecular flexibility index (Phi) is 5.83. The first-order chi connectivity index (χ1) is 14.1. The summed E-state index contributed by atoms with van der Waals surface area (Å²) in [5.41, 5.74) is 3.16. The molecule has 0 spiro atoms. The van der Waals surface area contributed by atoms with E-state index in [9.17, 15) is 4.79 Å². The second-order valence-corrected chi connectivity index (χ2v) is 7.99. The summed E-state index contributed by atoms with van der Waals surface area (Å²) < 4.78 is 0. The summed E-state index contributed by atoms with van der Waals surface area (Å²) in [7, 11) is 0. The van der Waals surface area contributed by atoms with Crippen molar-refractivity contribution >= 4 is 23.5 Å². The minimum Gasteiger partial charge on any atom is -0.353 e. The SMILES string of the molecule is Cc1ccc(NC(=O)N2CCN(c3ccnc(N4CCCCC4)n3)CC2)c(C)c1. The van der Waals surface area contributed by atoms with Crippen LogP contribution in [0.15, 0.2) is 30.5 Å². The van der Waals surface area contributed by atoms with Gasteiger partial charge in [-0.1, -0.05) is 17.7 Å². The summed E-state index contributed by atoms with van der Waals surface area (Å²) in [5.74, 6) is 1.78. The Morgan fingerprint density at radius 2 is 1.69 bits per heavy atom. The van der Waals surface area contributed by atoms with E-state index in [1.807, 2.05) is 36.2 Å². The average Bonchev–Trinajstić information content (AvgIpc) is 2.76. The number of amides is 2. The molecule has 0 bridgehead atoms. The third-order valence-electron chi connectivity index (χ3n) is 5.78. The van der Waals surface area contributed by atoms with E-state index in [2.05, 4.69) is 33.1 Å². The number of benzene rings is 1. The van der Waals surface area contributed by atoms with Crippen LogP contribution in [0.5, 0.6) is 0 Å². The monoisotopic (exact) mass is 394 g/mol. The maximum absolute atomic E-state index is 12.7. The number of rotatable bonds is 3. The lowest BCUT2D eigenvalue weighted by molar-refractivity contribution is 0.208. The zero-order chi connectivity index (χ0) is 20.2. The zero-order valence-corrected chi connectivity index (χ0v) is 17.4. The van der Waals surface area contributed by atoms with Gasteiger partial charge in [0.15, 0.2) is 0 Å². The second-order valence-electron chi connectivity index (χ2n) is 7.99. The second kappa shape index (κ2) is 8.68. The van der Waals surface area contributed by atoms with E-state index in [1.165, 1.54) is 24.8 Å². The van der Waals surface area contributed by atoms with Gasteiger partial charge in [0.2, 0.25) is 5.95 Å². The molecule has 1 aromatic carbocycles. The van der Waals surface area contributed by atoms with Crippen molar-refractivity contribution < 1.29 is 4.79 Å². The molecule has 7 nitrogen and oxygen atoms in total. The fraction of sp³-hybridized carbons (Fsp3) is 0.500. The molecule has 0 atom stereocenters. The number of hydrogen-bond donors (Lipinski definition) is 1. The molecule has 2 saturated heterocycles. The Hall–Kier alpha value is -2.83. The number of aryl methyl sites for hydroxylation is 2. The molecule has 1 aromatic heterocycles. The highest BCUT2D eigenvalue weighted by atomic mass is 16.2. The van der Waals surface area contributed by atoms with Gasteiger partial charge in [0.25, 0.3) is 0 Å². The van der Waals surface area contributed by atoms with E-state index in [0.29, 0.717) is 13.1 Å². The maximum atomic E-state index is 12.7. The molecule has 2 aromatic rings. The number of piperidine rings is 1. The molecule has 2 aliphatic rings. The molecule has 2 aliphatic heterocycles. The van der Waals surface area contributed by atoms with Crippen molar-refractivity contribution in [2.24, 2.45) is 0 Å². The number of carbonyl (C=O) groups excluding carboxylic acids is 1. The quantitative estimate of drug-likeness (QED) is 0.864. The predicted octanol–water partition coefficient (Wildman–Crippen LogP) is 3.44. The van der Waals surface area contributed by atoms with Crippen molar-refractivity contribution in [3.63, 3.8) is 0 Å². The third kappa shape index (κ3) is 4.60. The van der Waals surface area contributed by atoms with E-state index in [0.717, 1.165) is 49.2 Å². The predicted molar refractivity (Wildman–Crippen MR) is 117 cm³/mol. The number of hydrogen-bond acceptors (Lipinski definition) is 5. The topological polar surface area (TPSA) is 64.6 Å². The van der Waals surface area contributed by atoms with Crippen molar-refractivity contribution in [3.8, 4) is 0 Å². The van der Waals surface area contributed by atoms with Crippen LogP contribution in [0, 0.1) is 13.8 Å². The number of aromatic nitrogens is 2. The molecule has 4 rings (SSSR count). The van der Waals surface area contributed by atoms with Gasteiger partial charge in [-0.2, -0.15) is 4.98 Å². The molecule has 0 aliphatic carbocycles. The van der Waals surface area contributed by atoms with Crippen molar-refractivity contribution in [1.29, 1.82) is 0 Å². The summed E-state index contributed by atoms with van der Waals surface area (Å²) in [6.07, 6.45) is 5.57. The molecule has 0 unspecified atom stereocenters. The van der Waals surface area contributed by atoms with Gasteiger partial charge >= 0.3 is 6.03 Å². The Morgan fingerprint density at radius 3 is 2.41 bits per heavy atom. The fourth-order valence-corrected chi connectivity index (χ4v) is 4.05. The lowest BCUT2D eigenvalue weighted by atomic mass is 10.1. The lowest BCUT2D eigenvalue weighted by Crippen LogP contribution is -2.50. The summed E-state index contributed by atoms with van der Waals surface area (Å²) in [6.45, 7) is 9.07. The largest absolute Gasteiger partial charge is 0.353 e. The Bertz CT molecular complexity index is 856. The minimum atomic E-state index is -0.0340. The van der Waals surface area contributed by atoms with Crippen LogP contribution in [-0.2, 0) is 0 Å². The summed E-state index contributed by atoms with van der Waals surface area (Å²) in [4.78, 5) is 28.3. The molecule has 0 radical (unpaired) electrons. The van der Waals surface area contributed by atoms with E-state index in [4.69, 9.17) is 4.98 Å². The van der Waals surface area contributed by atoms with E-state index >= 15 is 0 Å². The third-order valence-corrected chi connectivity index (χ3v) is 5.78. The molecule has 1 N–H and O–H groups in total. The smallest absolute Gasteiger partial charge is 0.321 e. The van der Waals surface area contributed by atoms with Crippen molar-refractivity contribution in [1.82, 2.24) is 14.9 Å².